The number of imide groups is 1. The minimum atomic E-state index is -0.801. The summed E-state index contributed by atoms with van der Waals surface area (Å²) in [5.74, 6) is -1.20. The first-order valence-corrected chi connectivity index (χ1v) is 8.80. The summed E-state index contributed by atoms with van der Waals surface area (Å²) < 4.78 is 4.86. The summed E-state index contributed by atoms with van der Waals surface area (Å²) in [6, 6.07) is 3.18. The van der Waals surface area contributed by atoms with E-state index in [0.29, 0.717) is 11.5 Å². The first kappa shape index (κ1) is 20.3. The van der Waals surface area contributed by atoms with Crippen LogP contribution in [0.1, 0.15) is 48.5 Å². The summed E-state index contributed by atoms with van der Waals surface area (Å²) in [4.78, 5) is 45.9. The van der Waals surface area contributed by atoms with E-state index >= 15 is 0 Å². The van der Waals surface area contributed by atoms with Crippen molar-refractivity contribution in [3.8, 4) is 0 Å². The maximum Gasteiger partial charge on any atom is 0.338 e. The van der Waals surface area contributed by atoms with E-state index in [-0.39, 0.29) is 17.3 Å². The van der Waals surface area contributed by atoms with Crippen molar-refractivity contribution in [2.45, 2.75) is 45.6 Å². The largest absolute Gasteiger partial charge is 0.452 e. The van der Waals surface area contributed by atoms with Crippen LogP contribution in [0.3, 0.4) is 0 Å². The fourth-order valence-electron chi connectivity index (χ4n) is 3.10. The number of amides is 3. The molecule has 0 heterocycles. The average Bonchev–Trinajstić information content (AvgIpc) is 2.61. The van der Waals surface area contributed by atoms with Gasteiger partial charge in [0.05, 0.1) is 10.5 Å². The number of urea groups is 1. The molecule has 0 aromatic heterocycles. The number of nitro benzene ring substituents is 1. The van der Waals surface area contributed by atoms with Crippen molar-refractivity contribution in [1.82, 2.24) is 10.6 Å². The SMILES string of the molecule is Cc1cc(C(=O)OCC(=O)NC(=O)N[C@H]2CCCC[C@H]2C)ccc1[N+](=O)[O-]. The highest BCUT2D eigenvalue weighted by Gasteiger charge is 2.23. The predicted octanol–water partition coefficient (Wildman–Crippen LogP) is 2.46. The molecule has 9 heteroatoms. The zero-order chi connectivity index (χ0) is 20.0. The van der Waals surface area contributed by atoms with Gasteiger partial charge in [-0.2, -0.15) is 0 Å². The number of rotatable bonds is 5. The van der Waals surface area contributed by atoms with Crippen LogP contribution in [0.15, 0.2) is 18.2 Å². The van der Waals surface area contributed by atoms with Crippen molar-refractivity contribution < 1.29 is 24.0 Å². The Kier molecular flexibility index (Phi) is 6.86. The van der Waals surface area contributed by atoms with Crippen LogP contribution in [0.2, 0.25) is 0 Å². The van der Waals surface area contributed by atoms with E-state index in [2.05, 4.69) is 17.6 Å². The smallest absolute Gasteiger partial charge is 0.338 e. The first-order valence-electron chi connectivity index (χ1n) is 8.80. The fourth-order valence-corrected chi connectivity index (χ4v) is 3.10. The van der Waals surface area contributed by atoms with Gasteiger partial charge in [-0.1, -0.05) is 19.8 Å². The topological polar surface area (TPSA) is 128 Å². The number of aryl methyl sites for hydroxylation is 1. The molecular formula is C18H23N3O6. The molecule has 1 fully saturated rings. The number of carbonyl (C=O) groups is 3. The highest BCUT2D eigenvalue weighted by molar-refractivity contribution is 5.97. The van der Waals surface area contributed by atoms with Crippen molar-refractivity contribution in [2.75, 3.05) is 6.61 Å². The molecule has 2 atom stereocenters. The molecule has 0 saturated heterocycles. The zero-order valence-electron chi connectivity index (χ0n) is 15.3. The summed E-state index contributed by atoms with van der Waals surface area (Å²) in [6.45, 7) is 2.93. The minimum Gasteiger partial charge on any atom is -0.452 e. The Bertz CT molecular complexity index is 749. The number of nitro groups is 1. The quantitative estimate of drug-likeness (QED) is 0.461. The standard InChI is InChI=1S/C18H23N3O6/c1-11-5-3-4-6-14(11)19-18(24)20-16(22)10-27-17(23)13-7-8-15(21(25)26)12(2)9-13/h7-9,11,14H,3-6,10H2,1-2H3,(H2,19,20,22,24)/t11-,14+/m1/s1. The van der Waals surface area contributed by atoms with Gasteiger partial charge >= 0.3 is 12.0 Å². The van der Waals surface area contributed by atoms with E-state index in [4.69, 9.17) is 4.74 Å². The lowest BCUT2D eigenvalue weighted by Crippen LogP contribution is -2.48. The molecule has 146 valence electrons. The van der Waals surface area contributed by atoms with Crippen LogP contribution < -0.4 is 10.6 Å². The number of esters is 1. The number of benzene rings is 1. The van der Waals surface area contributed by atoms with Crippen LogP contribution in [0, 0.1) is 23.0 Å². The van der Waals surface area contributed by atoms with Gasteiger partial charge in [-0.3, -0.25) is 20.2 Å². The molecule has 0 unspecified atom stereocenters. The first-order chi connectivity index (χ1) is 12.8. The van der Waals surface area contributed by atoms with Gasteiger partial charge in [-0.25, -0.2) is 9.59 Å². The van der Waals surface area contributed by atoms with Crippen LogP contribution in [0.4, 0.5) is 10.5 Å². The van der Waals surface area contributed by atoms with Crippen LogP contribution >= 0.6 is 0 Å². The summed E-state index contributed by atoms with van der Waals surface area (Å²) in [7, 11) is 0. The Morgan fingerprint density at radius 2 is 1.96 bits per heavy atom. The predicted molar refractivity (Wildman–Crippen MR) is 96.2 cm³/mol. The van der Waals surface area contributed by atoms with E-state index < -0.39 is 29.4 Å². The molecule has 0 radical (unpaired) electrons. The van der Waals surface area contributed by atoms with Crippen molar-refractivity contribution >= 4 is 23.6 Å². The van der Waals surface area contributed by atoms with Gasteiger partial charge in [0.25, 0.3) is 11.6 Å². The van der Waals surface area contributed by atoms with Crippen LogP contribution in [0.25, 0.3) is 0 Å². The molecule has 1 aliphatic rings. The fraction of sp³-hybridized carbons (Fsp3) is 0.500. The third-order valence-corrected chi connectivity index (χ3v) is 4.64. The minimum absolute atomic E-state index is 0.0252. The third kappa shape index (κ3) is 5.77. The summed E-state index contributed by atoms with van der Waals surface area (Å²) >= 11 is 0. The number of hydrogen-bond donors (Lipinski definition) is 2. The molecule has 0 aliphatic heterocycles. The Morgan fingerprint density at radius 1 is 1.26 bits per heavy atom. The van der Waals surface area contributed by atoms with Gasteiger partial charge in [0, 0.05) is 17.7 Å². The van der Waals surface area contributed by atoms with E-state index in [0.717, 1.165) is 25.7 Å². The average molecular weight is 377 g/mol. The van der Waals surface area contributed by atoms with Gasteiger partial charge in [0.1, 0.15) is 0 Å². The summed E-state index contributed by atoms with van der Waals surface area (Å²) in [5, 5.41) is 15.7. The molecule has 0 bridgehead atoms. The van der Waals surface area contributed by atoms with Crippen LogP contribution in [-0.4, -0.2) is 35.5 Å². The molecule has 1 aromatic rings. The summed E-state index contributed by atoms with van der Waals surface area (Å²) in [5.41, 5.74) is 0.282. The number of nitrogens with one attached hydrogen (secondary N) is 2. The molecule has 1 aromatic carbocycles. The van der Waals surface area contributed by atoms with Crippen molar-refractivity contribution in [1.29, 1.82) is 0 Å². The lowest BCUT2D eigenvalue weighted by molar-refractivity contribution is -0.385. The molecule has 2 N–H and O–H groups in total. The number of nitrogens with zero attached hydrogens (tertiary/aromatic N) is 1. The number of carbonyl (C=O) groups excluding carboxylic acids is 3. The molecule has 0 spiro atoms. The van der Waals surface area contributed by atoms with E-state index in [1.807, 2.05) is 0 Å². The Morgan fingerprint density at radius 3 is 2.59 bits per heavy atom. The van der Waals surface area contributed by atoms with Crippen molar-refractivity contribution in [2.24, 2.45) is 5.92 Å². The molecular weight excluding hydrogens is 354 g/mol. The van der Waals surface area contributed by atoms with Gasteiger partial charge < -0.3 is 10.1 Å². The molecule has 9 nitrogen and oxygen atoms in total. The highest BCUT2D eigenvalue weighted by atomic mass is 16.6. The Balaban J connectivity index is 1.80. The lowest BCUT2D eigenvalue weighted by Gasteiger charge is -2.29. The molecule has 3 amide bonds. The monoisotopic (exact) mass is 377 g/mol. The van der Waals surface area contributed by atoms with E-state index in [9.17, 15) is 24.5 Å². The lowest BCUT2D eigenvalue weighted by atomic mass is 9.86. The molecule has 27 heavy (non-hydrogen) atoms. The molecule has 2 rings (SSSR count). The second-order valence-corrected chi connectivity index (χ2v) is 6.72. The molecule has 1 saturated carbocycles. The van der Waals surface area contributed by atoms with E-state index in [1.165, 1.54) is 25.1 Å². The van der Waals surface area contributed by atoms with Gasteiger partial charge in [-0.15, -0.1) is 0 Å². The maximum absolute atomic E-state index is 12.0. The van der Waals surface area contributed by atoms with Crippen LogP contribution in [0.5, 0.6) is 0 Å². The zero-order valence-corrected chi connectivity index (χ0v) is 15.3. The Labute approximate surface area is 156 Å². The highest BCUT2D eigenvalue weighted by Crippen LogP contribution is 2.23. The molecule has 1 aliphatic carbocycles. The Hall–Kier alpha value is -2.97. The van der Waals surface area contributed by atoms with Crippen molar-refractivity contribution in [3.05, 3.63) is 39.4 Å². The van der Waals surface area contributed by atoms with Gasteiger partial charge in [-0.05, 0) is 37.8 Å². The summed E-state index contributed by atoms with van der Waals surface area (Å²) in [6.07, 6.45) is 4.08. The van der Waals surface area contributed by atoms with Crippen LogP contribution in [-0.2, 0) is 9.53 Å². The second kappa shape index (κ2) is 9.11. The van der Waals surface area contributed by atoms with E-state index in [1.54, 1.807) is 0 Å². The number of ether oxygens (including phenoxy) is 1. The normalized spacial score (nSPS) is 19.0. The maximum atomic E-state index is 12.0. The number of hydrogen-bond acceptors (Lipinski definition) is 6. The second-order valence-electron chi connectivity index (χ2n) is 6.72. The third-order valence-electron chi connectivity index (χ3n) is 4.64. The van der Waals surface area contributed by atoms with Gasteiger partial charge in [0.15, 0.2) is 6.61 Å². The van der Waals surface area contributed by atoms with Gasteiger partial charge in [0.2, 0.25) is 0 Å². The van der Waals surface area contributed by atoms with Crippen molar-refractivity contribution in [3.63, 3.8) is 0 Å².